The van der Waals surface area contributed by atoms with Gasteiger partial charge in [-0.1, -0.05) is 13.8 Å². The number of pyridine rings is 2. The fourth-order valence-electron chi connectivity index (χ4n) is 4.33. The van der Waals surface area contributed by atoms with E-state index in [0.717, 1.165) is 12.5 Å². The van der Waals surface area contributed by atoms with E-state index in [1.165, 1.54) is 25.3 Å². The fourth-order valence-corrected chi connectivity index (χ4v) is 4.33. The van der Waals surface area contributed by atoms with Gasteiger partial charge >= 0.3 is 6.18 Å². The first-order chi connectivity index (χ1) is 16.0. The molecule has 3 aromatic heterocycles. The highest BCUT2D eigenvalue weighted by Gasteiger charge is 2.36. The van der Waals surface area contributed by atoms with Gasteiger partial charge in [-0.05, 0) is 37.3 Å². The van der Waals surface area contributed by atoms with Gasteiger partial charge in [0.2, 0.25) is 5.88 Å². The van der Waals surface area contributed by atoms with Crippen molar-refractivity contribution in [3.63, 3.8) is 0 Å². The van der Waals surface area contributed by atoms with Crippen LogP contribution >= 0.6 is 0 Å². The number of nitrogens with one attached hydrogen (secondary N) is 1. The van der Waals surface area contributed by atoms with Gasteiger partial charge in [-0.2, -0.15) is 13.2 Å². The Bertz CT molecular complexity index is 1260. The van der Waals surface area contributed by atoms with E-state index in [4.69, 9.17) is 4.74 Å². The average molecular weight is 475 g/mol. The lowest BCUT2D eigenvalue weighted by Gasteiger charge is -2.35. The summed E-state index contributed by atoms with van der Waals surface area (Å²) in [6.45, 7) is 6.49. The second kappa shape index (κ2) is 9.03. The average Bonchev–Trinajstić information content (AvgIpc) is 2.76. The van der Waals surface area contributed by atoms with Gasteiger partial charge in [-0.15, -0.1) is 0 Å². The van der Waals surface area contributed by atoms with Crippen molar-refractivity contribution < 1.29 is 22.7 Å². The summed E-state index contributed by atoms with van der Waals surface area (Å²) in [6, 6.07) is 4.05. The van der Waals surface area contributed by atoms with Gasteiger partial charge in [0.05, 0.1) is 10.9 Å². The molecule has 0 radical (unpaired) electrons. The van der Waals surface area contributed by atoms with E-state index in [1.54, 1.807) is 4.90 Å². The standard InChI is InChI=1S/C23H24F3N5O3/c1-12-6-13(2)10-31(9-12)22(33)15-4-5-18(27-8-15)34-11-16-7-17-20(28-14(3)29-21(17)32)30-19(16)23(24,25)26/h4-5,7-8,12-13H,6,9-11H2,1-3H3,(H,28,29,30,32). The summed E-state index contributed by atoms with van der Waals surface area (Å²) in [5, 5.41) is -0.0731. The second-order valence-corrected chi connectivity index (χ2v) is 8.85. The first-order valence-electron chi connectivity index (χ1n) is 10.9. The van der Waals surface area contributed by atoms with E-state index in [2.05, 4.69) is 33.8 Å². The maximum atomic E-state index is 13.6. The molecule has 0 bridgehead atoms. The van der Waals surface area contributed by atoms with Crippen LogP contribution < -0.4 is 10.3 Å². The number of aromatic nitrogens is 4. The molecule has 0 aromatic carbocycles. The molecule has 1 saturated heterocycles. The van der Waals surface area contributed by atoms with Gasteiger partial charge in [0.25, 0.3) is 11.5 Å². The summed E-state index contributed by atoms with van der Waals surface area (Å²) >= 11 is 0. The van der Waals surface area contributed by atoms with Gasteiger partial charge in [0.15, 0.2) is 11.3 Å². The largest absolute Gasteiger partial charge is 0.473 e. The molecule has 34 heavy (non-hydrogen) atoms. The lowest BCUT2D eigenvalue weighted by atomic mass is 9.91. The molecular weight excluding hydrogens is 451 g/mol. The summed E-state index contributed by atoms with van der Waals surface area (Å²) in [5.74, 6) is 0.883. The number of nitrogens with zero attached hydrogens (tertiary/aromatic N) is 4. The quantitative estimate of drug-likeness (QED) is 0.617. The fraction of sp³-hybridized carbons (Fsp3) is 0.435. The molecule has 1 N–H and O–H groups in total. The first-order valence-corrected chi connectivity index (χ1v) is 10.9. The van der Waals surface area contributed by atoms with Crippen LogP contribution in [0.1, 0.15) is 47.7 Å². The zero-order valence-electron chi connectivity index (χ0n) is 18.9. The van der Waals surface area contributed by atoms with Crippen molar-refractivity contribution in [2.75, 3.05) is 13.1 Å². The van der Waals surface area contributed by atoms with Crippen molar-refractivity contribution in [2.24, 2.45) is 11.8 Å². The minimum absolute atomic E-state index is 0.0427. The predicted octanol–water partition coefficient (Wildman–Crippen LogP) is 3.74. The van der Waals surface area contributed by atoms with Crippen molar-refractivity contribution in [1.82, 2.24) is 24.8 Å². The topological polar surface area (TPSA) is 101 Å². The highest BCUT2D eigenvalue weighted by atomic mass is 19.4. The Morgan fingerprint density at radius 2 is 1.91 bits per heavy atom. The van der Waals surface area contributed by atoms with Gasteiger partial charge < -0.3 is 14.6 Å². The molecule has 4 rings (SSSR count). The van der Waals surface area contributed by atoms with E-state index in [1.807, 2.05) is 0 Å². The molecular formula is C23H24F3N5O3. The SMILES string of the molecule is Cc1nc2nc(C(F)(F)F)c(COc3ccc(C(=O)N4CC(C)CC(C)C4)cn3)cc2c(=O)[nH]1. The van der Waals surface area contributed by atoms with Gasteiger partial charge in [-0.3, -0.25) is 9.59 Å². The van der Waals surface area contributed by atoms with Crippen molar-refractivity contribution in [3.8, 4) is 5.88 Å². The third-order valence-corrected chi connectivity index (χ3v) is 5.68. The zero-order valence-corrected chi connectivity index (χ0v) is 18.9. The number of fused-ring (bicyclic) bond motifs is 1. The molecule has 1 amide bonds. The van der Waals surface area contributed by atoms with Crippen LogP contribution in [0.2, 0.25) is 0 Å². The van der Waals surface area contributed by atoms with Crippen LogP contribution in [0.5, 0.6) is 5.88 Å². The van der Waals surface area contributed by atoms with E-state index < -0.39 is 24.0 Å². The second-order valence-electron chi connectivity index (χ2n) is 8.85. The van der Waals surface area contributed by atoms with Crippen molar-refractivity contribution >= 4 is 16.9 Å². The molecule has 1 aliphatic rings. The van der Waals surface area contributed by atoms with E-state index in [-0.39, 0.29) is 34.2 Å². The molecule has 1 aliphatic heterocycles. The molecule has 1 fully saturated rings. The number of piperidine rings is 1. The molecule has 0 spiro atoms. The minimum Gasteiger partial charge on any atom is -0.473 e. The maximum Gasteiger partial charge on any atom is 0.433 e. The number of likely N-dealkylation sites (tertiary alicyclic amines) is 1. The van der Waals surface area contributed by atoms with Gasteiger partial charge in [0, 0.05) is 30.9 Å². The molecule has 8 nitrogen and oxygen atoms in total. The lowest BCUT2D eigenvalue weighted by Crippen LogP contribution is -2.42. The highest BCUT2D eigenvalue weighted by Crippen LogP contribution is 2.32. The van der Waals surface area contributed by atoms with Crippen LogP contribution in [0.4, 0.5) is 13.2 Å². The minimum atomic E-state index is -4.77. The monoisotopic (exact) mass is 475 g/mol. The number of H-pyrrole nitrogens is 1. The number of amides is 1. The number of carbonyl (C=O) groups is 1. The first kappa shape index (κ1) is 23.7. The van der Waals surface area contributed by atoms with Crippen LogP contribution in [-0.4, -0.2) is 43.8 Å². The number of hydrogen-bond donors (Lipinski definition) is 1. The normalized spacial score (nSPS) is 18.8. The Balaban J connectivity index is 1.53. The molecule has 11 heteroatoms. The third kappa shape index (κ3) is 5.02. The molecule has 2 unspecified atom stereocenters. The van der Waals surface area contributed by atoms with E-state index in [0.29, 0.717) is 30.5 Å². The van der Waals surface area contributed by atoms with Crippen LogP contribution in [0, 0.1) is 18.8 Å². The molecule has 180 valence electrons. The zero-order chi connectivity index (χ0) is 24.6. The smallest absolute Gasteiger partial charge is 0.433 e. The number of rotatable bonds is 4. The van der Waals surface area contributed by atoms with Crippen LogP contribution in [0.25, 0.3) is 11.0 Å². The Hall–Kier alpha value is -3.50. The Morgan fingerprint density at radius 1 is 1.21 bits per heavy atom. The summed E-state index contributed by atoms with van der Waals surface area (Å²) in [5.41, 5.74) is -2.01. The Labute approximate surface area is 193 Å². The summed E-state index contributed by atoms with van der Waals surface area (Å²) in [4.78, 5) is 40.7. The van der Waals surface area contributed by atoms with Gasteiger partial charge in [-0.25, -0.2) is 15.0 Å². The summed E-state index contributed by atoms with van der Waals surface area (Å²) in [7, 11) is 0. The van der Waals surface area contributed by atoms with Crippen LogP contribution in [0.3, 0.4) is 0 Å². The molecule has 0 saturated carbocycles. The number of alkyl halides is 3. The number of halogens is 3. The van der Waals surface area contributed by atoms with Crippen LogP contribution in [0.15, 0.2) is 29.2 Å². The van der Waals surface area contributed by atoms with E-state index >= 15 is 0 Å². The van der Waals surface area contributed by atoms with Crippen molar-refractivity contribution in [2.45, 2.75) is 40.0 Å². The number of ether oxygens (including phenoxy) is 1. The molecule has 4 heterocycles. The van der Waals surface area contributed by atoms with Crippen LogP contribution in [-0.2, 0) is 12.8 Å². The highest BCUT2D eigenvalue weighted by molar-refractivity contribution is 5.94. The van der Waals surface area contributed by atoms with Crippen molar-refractivity contribution in [3.05, 3.63) is 57.4 Å². The third-order valence-electron chi connectivity index (χ3n) is 5.68. The number of aryl methyl sites for hydroxylation is 1. The van der Waals surface area contributed by atoms with Crippen molar-refractivity contribution in [1.29, 1.82) is 0 Å². The Morgan fingerprint density at radius 3 is 2.53 bits per heavy atom. The molecule has 0 aliphatic carbocycles. The summed E-state index contributed by atoms with van der Waals surface area (Å²) in [6.07, 6.45) is -2.35. The van der Waals surface area contributed by atoms with E-state index in [9.17, 15) is 22.8 Å². The Kier molecular flexibility index (Phi) is 6.28. The lowest BCUT2D eigenvalue weighted by molar-refractivity contribution is -0.142. The molecule has 3 aromatic rings. The summed E-state index contributed by atoms with van der Waals surface area (Å²) < 4.78 is 46.2. The number of aromatic amines is 1. The number of hydrogen-bond acceptors (Lipinski definition) is 6. The number of carbonyl (C=O) groups excluding carboxylic acids is 1. The predicted molar refractivity (Wildman–Crippen MR) is 117 cm³/mol. The van der Waals surface area contributed by atoms with Gasteiger partial charge in [0.1, 0.15) is 12.4 Å². The maximum absolute atomic E-state index is 13.6. The molecule has 2 atom stereocenters.